The van der Waals surface area contributed by atoms with Gasteiger partial charge >= 0.3 is 0 Å². The Balaban J connectivity index is 1.66. The summed E-state index contributed by atoms with van der Waals surface area (Å²) in [4.78, 5) is 13.9. The number of rotatable bonds is 5. The topological polar surface area (TPSA) is 87.6 Å². The molecule has 2 heterocycles. The van der Waals surface area contributed by atoms with E-state index in [1.807, 2.05) is 18.2 Å². The molecule has 1 aliphatic rings. The summed E-state index contributed by atoms with van der Waals surface area (Å²) in [5, 5.41) is 19.4. The Morgan fingerprint density at radius 1 is 1.25 bits per heavy atom. The first kappa shape index (κ1) is 16.4. The summed E-state index contributed by atoms with van der Waals surface area (Å²) in [6.07, 6.45) is -0.00530. The second-order valence-electron chi connectivity index (χ2n) is 5.47. The van der Waals surface area contributed by atoms with Crippen LogP contribution in [0.15, 0.2) is 42.5 Å². The van der Waals surface area contributed by atoms with Gasteiger partial charge in [-0.05, 0) is 17.7 Å². The first-order valence-corrected chi connectivity index (χ1v) is 7.92. The molecule has 1 saturated heterocycles. The van der Waals surface area contributed by atoms with Gasteiger partial charge in [0, 0.05) is 19.6 Å². The summed E-state index contributed by atoms with van der Waals surface area (Å²) < 4.78 is 5.84. The number of nitrogens with one attached hydrogen (secondary N) is 1. The number of aliphatic hydroxyl groups is 1. The lowest BCUT2D eigenvalue weighted by molar-refractivity contribution is 0.0394. The quantitative estimate of drug-likeness (QED) is 0.843. The molecule has 1 atom stereocenters. The SMILES string of the molecule is O=C(NCCO)c1ccc(N2CCOC(c3ccccc3)C2)nn1. The highest BCUT2D eigenvalue weighted by Crippen LogP contribution is 2.24. The van der Waals surface area contributed by atoms with Crippen molar-refractivity contribution in [3.05, 3.63) is 53.7 Å². The van der Waals surface area contributed by atoms with Gasteiger partial charge in [-0.1, -0.05) is 30.3 Å². The molecule has 1 aliphatic heterocycles. The van der Waals surface area contributed by atoms with Crippen molar-refractivity contribution >= 4 is 11.7 Å². The van der Waals surface area contributed by atoms with E-state index in [2.05, 4.69) is 32.5 Å². The molecular formula is C17H20N4O3. The van der Waals surface area contributed by atoms with Gasteiger partial charge in [0.25, 0.3) is 5.91 Å². The molecule has 7 nitrogen and oxygen atoms in total. The number of morpholine rings is 1. The maximum absolute atomic E-state index is 11.8. The molecule has 1 aromatic heterocycles. The number of carbonyl (C=O) groups is 1. The molecule has 24 heavy (non-hydrogen) atoms. The maximum atomic E-state index is 11.8. The van der Waals surface area contributed by atoms with Gasteiger partial charge in [0.1, 0.15) is 6.10 Å². The molecule has 1 aromatic carbocycles. The van der Waals surface area contributed by atoms with Gasteiger partial charge in [-0.15, -0.1) is 10.2 Å². The molecule has 1 unspecified atom stereocenters. The number of carbonyl (C=O) groups excluding carboxylic acids is 1. The third-order valence-corrected chi connectivity index (χ3v) is 3.84. The molecule has 7 heteroatoms. The van der Waals surface area contributed by atoms with E-state index in [0.29, 0.717) is 13.2 Å². The normalized spacial score (nSPS) is 17.5. The van der Waals surface area contributed by atoms with Crippen molar-refractivity contribution in [1.82, 2.24) is 15.5 Å². The zero-order chi connectivity index (χ0) is 16.8. The van der Waals surface area contributed by atoms with Crippen LogP contribution in [-0.2, 0) is 4.74 Å². The highest BCUT2D eigenvalue weighted by Gasteiger charge is 2.23. The van der Waals surface area contributed by atoms with Crippen LogP contribution in [-0.4, -0.2) is 54.1 Å². The van der Waals surface area contributed by atoms with E-state index < -0.39 is 0 Å². The lowest BCUT2D eigenvalue weighted by Crippen LogP contribution is -2.39. The van der Waals surface area contributed by atoms with E-state index in [1.54, 1.807) is 12.1 Å². The Morgan fingerprint density at radius 3 is 2.79 bits per heavy atom. The van der Waals surface area contributed by atoms with Gasteiger partial charge in [0.15, 0.2) is 11.5 Å². The number of anilines is 1. The molecule has 1 amide bonds. The molecule has 0 bridgehead atoms. The number of aliphatic hydroxyl groups excluding tert-OH is 1. The predicted octanol–water partition coefficient (Wildman–Crippen LogP) is 0.777. The largest absolute Gasteiger partial charge is 0.395 e. The molecule has 3 rings (SSSR count). The Labute approximate surface area is 140 Å². The summed E-state index contributed by atoms with van der Waals surface area (Å²) in [6, 6.07) is 13.5. The van der Waals surface area contributed by atoms with E-state index in [0.717, 1.165) is 17.9 Å². The average Bonchev–Trinajstić information content (AvgIpc) is 2.67. The Morgan fingerprint density at radius 2 is 2.08 bits per heavy atom. The fraction of sp³-hybridized carbons (Fsp3) is 0.353. The van der Waals surface area contributed by atoms with Crippen LogP contribution in [0.2, 0.25) is 0 Å². The van der Waals surface area contributed by atoms with E-state index in [1.165, 1.54) is 0 Å². The van der Waals surface area contributed by atoms with Crippen LogP contribution in [0.4, 0.5) is 5.82 Å². The molecule has 126 valence electrons. The Hall–Kier alpha value is -2.51. The van der Waals surface area contributed by atoms with Crippen LogP contribution in [0.1, 0.15) is 22.2 Å². The molecule has 0 saturated carbocycles. The number of hydrogen-bond acceptors (Lipinski definition) is 6. The molecule has 2 N–H and O–H groups in total. The van der Waals surface area contributed by atoms with E-state index in [9.17, 15) is 4.79 Å². The fourth-order valence-electron chi connectivity index (χ4n) is 2.60. The molecule has 0 aliphatic carbocycles. The van der Waals surface area contributed by atoms with Gasteiger partial charge in [0.05, 0.1) is 13.2 Å². The standard InChI is InChI=1S/C17H20N4O3/c22-10-8-18-17(23)14-6-7-16(20-19-14)21-9-11-24-15(12-21)13-4-2-1-3-5-13/h1-7,15,22H,8-12H2,(H,18,23). The minimum absolute atomic E-state index is 0.00530. The Bertz CT molecular complexity index is 663. The zero-order valence-corrected chi connectivity index (χ0v) is 13.3. The number of ether oxygens (including phenoxy) is 1. The highest BCUT2D eigenvalue weighted by atomic mass is 16.5. The van der Waals surface area contributed by atoms with Gasteiger partial charge in [0.2, 0.25) is 0 Å². The summed E-state index contributed by atoms with van der Waals surface area (Å²) in [5.74, 6) is 0.380. The minimum Gasteiger partial charge on any atom is -0.395 e. The lowest BCUT2D eigenvalue weighted by atomic mass is 10.1. The van der Waals surface area contributed by atoms with Gasteiger partial charge in [-0.2, -0.15) is 0 Å². The zero-order valence-electron chi connectivity index (χ0n) is 13.3. The smallest absolute Gasteiger partial charge is 0.271 e. The average molecular weight is 328 g/mol. The van der Waals surface area contributed by atoms with Crippen molar-refractivity contribution in [2.75, 3.05) is 37.7 Å². The second-order valence-corrected chi connectivity index (χ2v) is 5.47. The van der Waals surface area contributed by atoms with Gasteiger partial charge in [-0.25, -0.2) is 0 Å². The number of amides is 1. The van der Waals surface area contributed by atoms with Crippen LogP contribution < -0.4 is 10.2 Å². The van der Waals surface area contributed by atoms with Crippen LogP contribution in [0, 0.1) is 0 Å². The molecule has 0 radical (unpaired) electrons. The van der Waals surface area contributed by atoms with Crippen molar-refractivity contribution in [2.45, 2.75) is 6.10 Å². The first-order chi connectivity index (χ1) is 11.8. The third-order valence-electron chi connectivity index (χ3n) is 3.84. The summed E-state index contributed by atoms with van der Waals surface area (Å²) >= 11 is 0. The summed E-state index contributed by atoms with van der Waals surface area (Å²) in [5.41, 5.74) is 1.37. The van der Waals surface area contributed by atoms with Crippen LogP contribution in [0.3, 0.4) is 0 Å². The predicted molar refractivity (Wildman–Crippen MR) is 88.8 cm³/mol. The van der Waals surface area contributed by atoms with E-state index in [-0.39, 0.29) is 30.9 Å². The molecule has 1 fully saturated rings. The second kappa shape index (κ2) is 7.85. The third kappa shape index (κ3) is 3.87. The van der Waals surface area contributed by atoms with E-state index in [4.69, 9.17) is 9.84 Å². The number of aromatic nitrogens is 2. The van der Waals surface area contributed by atoms with Crippen molar-refractivity contribution in [2.24, 2.45) is 0 Å². The Kier molecular flexibility index (Phi) is 5.35. The number of nitrogens with zero attached hydrogens (tertiary/aromatic N) is 3. The summed E-state index contributed by atoms with van der Waals surface area (Å²) in [6.45, 7) is 2.12. The van der Waals surface area contributed by atoms with Crippen molar-refractivity contribution < 1.29 is 14.6 Å². The van der Waals surface area contributed by atoms with Crippen molar-refractivity contribution in [1.29, 1.82) is 0 Å². The number of benzene rings is 1. The van der Waals surface area contributed by atoms with Crippen LogP contribution in [0.25, 0.3) is 0 Å². The van der Waals surface area contributed by atoms with E-state index >= 15 is 0 Å². The van der Waals surface area contributed by atoms with Crippen LogP contribution in [0.5, 0.6) is 0 Å². The number of hydrogen-bond donors (Lipinski definition) is 2. The fourth-order valence-corrected chi connectivity index (χ4v) is 2.60. The molecule has 2 aromatic rings. The lowest BCUT2D eigenvalue weighted by Gasteiger charge is -2.33. The van der Waals surface area contributed by atoms with Crippen LogP contribution >= 0.6 is 0 Å². The van der Waals surface area contributed by atoms with Gasteiger partial charge in [-0.3, -0.25) is 4.79 Å². The van der Waals surface area contributed by atoms with Crippen molar-refractivity contribution in [3.8, 4) is 0 Å². The monoisotopic (exact) mass is 328 g/mol. The highest BCUT2D eigenvalue weighted by molar-refractivity contribution is 5.92. The maximum Gasteiger partial charge on any atom is 0.271 e. The summed E-state index contributed by atoms with van der Waals surface area (Å²) in [7, 11) is 0. The first-order valence-electron chi connectivity index (χ1n) is 7.92. The van der Waals surface area contributed by atoms with Gasteiger partial charge < -0.3 is 20.1 Å². The minimum atomic E-state index is -0.341. The van der Waals surface area contributed by atoms with Crippen molar-refractivity contribution in [3.63, 3.8) is 0 Å². The molecular weight excluding hydrogens is 308 g/mol. The molecule has 0 spiro atoms.